The number of carbonyl (C=O) groups is 1. The quantitative estimate of drug-likeness (QED) is 0.0330. The van der Waals surface area contributed by atoms with Crippen LogP contribution in [0.25, 0.3) is 0 Å². The van der Waals surface area contributed by atoms with Crippen molar-refractivity contribution >= 4 is 5.91 Å². The number of aliphatic hydroxyl groups excluding tert-OH is 5. The molecule has 7 atom stereocenters. The van der Waals surface area contributed by atoms with Crippen LogP contribution in [0.4, 0.5) is 0 Å². The molecule has 0 saturated carbocycles. The van der Waals surface area contributed by atoms with E-state index in [4.69, 9.17) is 9.47 Å². The molecule has 1 rings (SSSR count). The van der Waals surface area contributed by atoms with Crippen molar-refractivity contribution in [2.75, 3.05) is 13.2 Å². The molecule has 69 heavy (non-hydrogen) atoms. The normalized spacial score (nSPS) is 19.3. The molecule has 1 fully saturated rings. The summed E-state index contributed by atoms with van der Waals surface area (Å²) in [5, 5.41) is 54.7. The monoisotopic (exact) mass is 982 g/mol. The zero-order chi connectivity index (χ0) is 50.1. The molecular weight excluding hydrogens is 863 g/mol. The lowest BCUT2D eigenvalue weighted by Gasteiger charge is -2.40. The van der Waals surface area contributed by atoms with E-state index in [0.29, 0.717) is 12.8 Å². The second-order valence-corrected chi connectivity index (χ2v) is 21.9. The first-order chi connectivity index (χ1) is 33.8. The average molecular weight is 983 g/mol. The molecule has 1 amide bonds. The van der Waals surface area contributed by atoms with Crippen LogP contribution >= 0.6 is 0 Å². The van der Waals surface area contributed by atoms with Crippen molar-refractivity contribution < 1.29 is 39.8 Å². The Morgan fingerprint density at radius 1 is 0.435 bits per heavy atom. The Kier molecular flexibility index (Phi) is 48.7. The van der Waals surface area contributed by atoms with Crippen molar-refractivity contribution in [1.29, 1.82) is 0 Å². The number of nitrogens with one attached hydrogen (secondary N) is 1. The molecular formula is C60H119NO8. The summed E-state index contributed by atoms with van der Waals surface area (Å²) in [6.45, 7) is 3.88. The summed E-state index contributed by atoms with van der Waals surface area (Å²) in [7, 11) is 0. The Labute approximate surface area is 427 Å². The number of unbranched alkanes of at least 4 members (excludes halogenated alkanes) is 44. The number of hydrogen-bond acceptors (Lipinski definition) is 8. The first-order valence-electron chi connectivity index (χ1n) is 30.7. The van der Waals surface area contributed by atoms with Gasteiger partial charge in [-0.3, -0.25) is 4.79 Å². The molecule has 0 aromatic carbocycles. The highest BCUT2D eigenvalue weighted by atomic mass is 16.7. The van der Waals surface area contributed by atoms with Gasteiger partial charge in [-0.2, -0.15) is 0 Å². The molecule has 0 bridgehead atoms. The Morgan fingerprint density at radius 3 is 1.03 bits per heavy atom. The lowest BCUT2D eigenvalue weighted by Crippen LogP contribution is -2.60. The van der Waals surface area contributed by atoms with Crippen molar-refractivity contribution in [2.24, 2.45) is 0 Å². The van der Waals surface area contributed by atoms with E-state index in [9.17, 15) is 30.3 Å². The zero-order valence-corrected chi connectivity index (χ0v) is 45.9. The van der Waals surface area contributed by atoms with Gasteiger partial charge in [-0.05, 0) is 12.8 Å². The second-order valence-electron chi connectivity index (χ2n) is 21.9. The van der Waals surface area contributed by atoms with Gasteiger partial charge in [0.25, 0.3) is 0 Å². The van der Waals surface area contributed by atoms with Gasteiger partial charge in [0.15, 0.2) is 6.29 Å². The fourth-order valence-corrected chi connectivity index (χ4v) is 10.3. The molecule has 412 valence electrons. The molecule has 0 aromatic rings. The fourth-order valence-electron chi connectivity index (χ4n) is 10.3. The van der Waals surface area contributed by atoms with Crippen LogP contribution in [0.1, 0.15) is 322 Å². The van der Waals surface area contributed by atoms with Gasteiger partial charge in [0, 0.05) is 6.42 Å². The standard InChI is InChI=1S/C60H119NO8/c1-3-5-7-9-11-13-15-17-19-20-21-22-23-24-25-26-27-28-29-30-31-32-33-34-35-36-37-39-41-43-45-47-49-54(63)53(52-68-60-59(67)58(66)57(65)55(51-62)69-60)61-56(64)50-48-46-44-42-40-38-18-16-14-12-10-8-6-4-2/h53-55,57-60,62-63,65-67H,3-52H2,1-2H3,(H,61,64). The van der Waals surface area contributed by atoms with Crippen molar-refractivity contribution in [2.45, 2.75) is 365 Å². The Balaban J connectivity index is 2.09. The molecule has 1 aliphatic heterocycles. The van der Waals surface area contributed by atoms with E-state index in [0.717, 1.165) is 38.5 Å². The number of aliphatic hydroxyl groups is 5. The first kappa shape index (κ1) is 66.2. The smallest absolute Gasteiger partial charge is 0.220 e. The van der Waals surface area contributed by atoms with Gasteiger partial charge in [0.1, 0.15) is 24.4 Å². The van der Waals surface area contributed by atoms with E-state index < -0.39 is 49.5 Å². The minimum atomic E-state index is -1.55. The van der Waals surface area contributed by atoms with E-state index in [-0.39, 0.29) is 12.5 Å². The number of amides is 1. The van der Waals surface area contributed by atoms with Crippen LogP contribution in [0.3, 0.4) is 0 Å². The van der Waals surface area contributed by atoms with Crippen molar-refractivity contribution in [3.05, 3.63) is 0 Å². The second kappa shape index (κ2) is 50.7. The summed E-state index contributed by atoms with van der Waals surface area (Å²) in [5.41, 5.74) is 0. The molecule has 9 nitrogen and oxygen atoms in total. The summed E-state index contributed by atoms with van der Waals surface area (Å²) >= 11 is 0. The SMILES string of the molecule is CCCCCCCCCCCCCCCCCCCCCCCCCCCCCCCCCCC(O)C(COC1OC(CO)C(O)C(O)C1O)NC(=O)CCCCCCCCCCCCCCCC. The number of carbonyl (C=O) groups excluding carboxylic acids is 1. The molecule has 0 spiro atoms. The van der Waals surface area contributed by atoms with Gasteiger partial charge in [0.2, 0.25) is 5.91 Å². The van der Waals surface area contributed by atoms with Crippen LogP contribution in [0.5, 0.6) is 0 Å². The van der Waals surface area contributed by atoms with E-state index in [1.165, 1.54) is 257 Å². The molecule has 0 aromatic heterocycles. The molecule has 7 unspecified atom stereocenters. The summed E-state index contributed by atoms with van der Waals surface area (Å²) in [6.07, 6.45) is 54.4. The maximum atomic E-state index is 13.0. The van der Waals surface area contributed by atoms with Gasteiger partial charge in [-0.1, -0.05) is 303 Å². The number of ether oxygens (including phenoxy) is 2. The number of rotatable bonds is 54. The van der Waals surface area contributed by atoms with Crippen LogP contribution in [-0.4, -0.2) is 87.5 Å². The van der Waals surface area contributed by atoms with Crippen LogP contribution in [0.2, 0.25) is 0 Å². The highest BCUT2D eigenvalue weighted by molar-refractivity contribution is 5.76. The minimum Gasteiger partial charge on any atom is -0.394 e. The van der Waals surface area contributed by atoms with Crippen molar-refractivity contribution in [1.82, 2.24) is 5.32 Å². The summed E-state index contributed by atoms with van der Waals surface area (Å²) in [6, 6.07) is -0.713. The molecule has 6 N–H and O–H groups in total. The third-order valence-electron chi connectivity index (χ3n) is 15.2. The van der Waals surface area contributed by atoms with E-state index in [1.54, 1.807) is 0 Å². The Hall–Kier alpha value is -0.810. The number of hydrogen-bond donors (Lipinski definition) is 6. The van der Waals surface area contributed by atoms with Crippen molar-refractivity contribution in [3.8, 4) is 0 Å². The molecule has 0 aliphatic carbocycles. The first-order valence-corrected chi connectivity index (χ1v) is 30.7. The van der Waals surface area contributed by atoms with Gasteiger partial charge in [0.05, 0.1) is 25.4 Å². The van der Waals surface area contributed by atoms with E-state index in [1.807, 2.05) is 0 Å². The summed E-state index contributed by atoms with van der Waals surface area (Å²) < 4.78 is 11.3. The lowest BCUT2D eigenvalue weighted by molar-refractivity contribution is -0.302. The molecule has 1 saturated heterocycles. The topological polar surface area (TPSA) is 149 Å². The van der Waals surface area contributed by atoms with Crippen LogP contribution in [0, 0.1) is 0 Å². The van der Waals surface area contributed by atoms with Gasteiger partial charge in [-0.15, -0.1) is 0 Å². The highest BCUT2D eigenvalue weighted by Crippen LogP contribution is 2.24. The van der Waals surface area contributed by atoms with Gasteiger partial charge in [-0.25, -0.2) is 0 Å². The Morgan fingerprint density at radius 2 is 0.725 bits per heavy atom. The van der Waals surface area contributed by atoms with Crippen LogP contribution in [0.15, 0.2) is 0 Å². The third-order valence-corrected chi connectivity index (χ3v) is 15.2. The summed E-state index contributed by atoms with van der Waals surface area (Å²) in [4.78, 5) is 13.0. The van der Waals surface area contributed by atoms with Gasteiger partial charge < -0.3 is 40.3 Å². The van der Waals surface area contributed by atoms with E-state index >= 15 is 0 Å². The van der Waals surface area contributed by atoms with E-state index in [2.05, 4.69) is 19.2 Å². The highest BCUT2D eigenvalue weighted by Gasteiger charge is 2.44. The minimum absolute atomic E-state index is 0.131. The molecule has 1 aliphatic rings. The third kappa shape index (κ3) is 40.3. The largest absolute Gasteiger partial charge is 0.394 e. The van der Waals surface area contributed by atoms with Crippen LogP contribution in [-0.2, 0) is 14.3 Å². The van der Waals surface area contributed by atoms with Crippen molar-refractivity contribution in [3.63, 3.8) is 0 Å². The maximum Gasteiger partial charge on any atom is 0.220 e. The molecule has 9 heteroatoms. The fraction of sp³-hybridized carbons (Fsp3) is 0.983. The zero-order valence-electron chi connectivity index (χ0n) is 45.9. The van der Waals surface area contributed by atoms with Crippen LogP contribution < -0.4 is 5.32 Å². The average Bonchev–Trinajstić information content (AvgIpc) is 3.35. The molecule has 0 radical (unpaired) electrons. The Bertz CT molecular complexity index is 1050. The lowest BCUT2D eigenvalue weighted by atomic mass is 9.99. The predicted molar refractivity (Wildman–Crippen MR) is 291 cm³/mol. The maximum absolute atomic E-state index is 13.0. The predicted octanol–water partition coefficient (Wildman–Crippen LogP) is 15.4. The summed E-state index contributed by atoms with van der Waals surface area (Å²) in [5.74, 6) is -0.138. The molecule has 1 heterocycles. The van der Waals surface area contributed by atoms with Gasteiger partial charge >= 0.3 is 0 Å².